The van der Waals surface area contributed by atoms with Crippen molar-refractivity contribution >= 4 is 15.9 Å². The van der Waals surface area contributed by atoms with Crippen molar-refractivity contribution in [2.75, 3.05) is 13.1 Å². The summed E-state index contributed by atoms with van der Waals surface area (Å²) in [6, 6.07) is 19.7. The number of hydrogen-bond donors (Lipinski definition) is 1. The van der Waals surface area contributed by atoms with E-state index in [1.165, 1.54) is 22.0 Å². The molecule has 0 amide bonds. The summed E-state index contributed by atoms with van der Waals surface area (Å²) in [5.74, 6) is 1.19. The van der Waals surface area contributed by atoms with Crippen molar-refractivity contribution in [1.29, 1.82) is 0 Å². The van der Waals surface area contributed by atoms with Gasteiger partial charge < -0.3 is 5.32 Å². The van der Waals surface area contributed by atoms with Crippen molar-refractivity contribution in [3.63, 3.8) is 0 Å². The van der Waals surface area contributed by atoms with Crippen LogP contribution in [0.5, 0.6) is 0 Å². The van der Waals surface area contributed by atoms with Crippen LogP contribution in [0.25, 0.3) is 0 Å². The first-order valence-electron chi connectivity index (χ1n) is 6.86. The molecule has 0 aliphatic carbocycles. The third kappa shape index (κ3) is 2.90. The Morgan fingerprint density at radius 3 is 2.47 bits per heavy atom. The van der Waals surface area contributed by atoms with Gasteiger partial charge in [-0.1, -0.05) is 58.4 Å². The van der Waals surface area contributed by atoms with Crippen LogP contribution in [-0.2, 0) is 0 Å². The fourth-order valence-electron chi connectivity index (χ4n) is 3.05. The van der Waals surface area contributed by atoms with Crippen molar-refractivity contribution in [2.45, 2.75) is 18.3 Å². The molecule has 2 heteroatoms. The van der Waals surface area contributed by atoms with Crippen molar-refractivity contribution in [2.24, 2.45) is 0 Å². The summed E-state index contributed by atoms with van der Waals surface area (Å²) in [6.45, 7) is 2.18. The predicted octanol–water partition coefficient (Wildman–Crippen LogP) is 4.31. The van der Waals surface area contributed by atoms with Crippen LogP contribution in [0.3, 0.4) is 0 Å². The Labute approximate surface area is 123 Å². The van der Waals surface area contributed by atoms with Gasteiger partial charge in [0, 0.05) is 16.9 Å². The molecule has 2 unspecified atom stereocenters. The van der Waals surface area contributed by atoms with E-state index >= 15 is 0 Å². The Balaban J connectivity index is 1.93. The van der Waals surface area contributed by atoms with E-state index in [-0.39, 0.29) is 0 Å². The zero-order valence-electron chi connectivity index (χ0n) is 10.9. The topological polar surface area (TPSA) is 12.0 Å². The molecule has 1 aliphatic rings. The molecule has 1 aliphatic heterocycles. The monoisotopic (exact) mass is 315 g/mol. The maximum absolute atomic E-state index is 3.58. The third-order valence-electron chi connectivity index (χ3n) is 3.99. The van der Waals surface area contributed by atoms with Crippen molar-refractivity contribution in [3.8, 4) is 0 Å². The van der Waals surface area contributed by atoms with Gasteiger partial charge in [0.1, 0.15) is 0 Å². The number of nitrogens with one attached hydrogen (secondary N) is 1. The number of rotatable bonds is 2. The molecule has 0 saturated carbocycles. The molecule has 2 aromatic rings. The van der Waals surface area contributed by atoms with E-state index in [9.17, 15) is 0 Å². The smallest absolute Gasteiger partial charge is 0.0178 e. The zero-order chi connectivity index (χ0) is 13.1. The van der Waals surface area contributed by atoms with Crippen molar-refractivity contribution in [3.05, 3.63) is 70.2 Å². The third-order valence-corrected chi connectivity index (χ3v) is 4.48. The molecule has 1 heterocycles. The van der Waals surface area contributed by atoms with Gasteiger partial charge in [0.2, 0.25) is 0 Å². The molecule has 2 aromatic carbocycles. The highest BCUT2D eigenvalue weighted by molar-refractivity contribution is 9.10. The van der Waals surface area contributed by atoms with Gasteiger partial charge in [-0.15, -0.1) is 0 Å². The van der Waals surface area contributed by atoms with E-state index in [2.05, 4.69) is 75.8 Å². The highest BCUT2D eigenvalue weighted by atomic mass is 79.9. The van der Waals surface area contributed by atoms with Gasteiger partial charge in [0.25, 0.3) is 0 Å². The average Bonchev–Trinajstić information content (AvgIpc) is 2.48. The normalized spacial score (nSPS) is 23.2. The quantitative estimate of drug-likeness (QED) is 0.870. The highest BCUT2D eigenvalue weighted by Crippen LogP contribution is 2.37. The molecule has 1 nitrogen and oxygen atoms in total. The minimum Gasteiger partial charge on any atom is -0.316 e. The maximum atomic E-state index is 3.58. The Bertz CT molecular complexity index is 538. The molecule has 0 spiro atoms. The number of benzene rings is 2. The molecular weight excluding hydrogens is 298 g/mol. The van der Waals surface area contributed by atoms with Crippen LogP contribution < -0.4 is 5.32 Å². The van der Waals surface area contributed by atoms with Gasteiger partial charge in [-0.2, -0.15) is 0 Å². The lowest BCUT2D eigenvalue weighted by Gasteiger charge is -2.33. The molecule has 1 fully saturated rings. The summed E-state index contributed by atoms with van der Waals surface area (Å²) >= 11 is 3.58. The average molecular weight is 316 g/mol. The van der Waals surface area contributed by atoms with E-state index in [0.717, 1.165) is 13.1 Å². The van der Waals surface area contributed by atoms with Gasteiger partial charge in [-0.3, -0.25) is 0 Å². The summed E-state index contributed by atoms with van der Waals surface area (Å²) < 4.78 is 1.17. The van der Waals surface area contributed by atoms with Crippen LogP contribution >= 0.6 is 15.9 Å². The standard InChI is InChI=1S/C17H18BrN/c18-15-8-4-7-14(11-15)17-12-19-10-9-16(17)13-5-2-1-3-6-13/h1-8,11,16-17,19H,9-10,12H2. The van der Waals surface area contributed by atoms with E-state index in [0.29, 0.717) is 11.8 Å². The summed E-state index contributed by atoms with van der Waals surface area (Å²) in [4.78, 5) is 0. The Morgan fingerprint density at radius 1 is 0.895 bits per heavy atom. The number of hydrogen-bond acceptors (Lipinski definition) is 1. The summed E-state index contributed by atoms with van der Waals surface area (Å²) in [5.41, 5.74) is 2.89. The summed E-state index contributed by atoms with van der Waals surface area (Å²) in [5, 5.41) is 3.54. The first-order valence-corrected chi connectivity index (χ1v) is 7.65. The second-order valence-electron chi connectivity index (χ2n) is 5.17. The first kappa shape index (κ1) is 12.9. The lowest BCUT2D eigenvalue weighted by Crippen LogP contribution is -2.34. The molecule has 3 rings (SSSR count). The predicted molar refractivity (Wildman–Crippen MR) is 83.6 cm³/mol. The molecule has 0 bridgehead atoms. The second kappa shape index (κ2) is 5.89. The molecule has 19 heavy (non-hydrogen) atoms. The van der Waals surface area contributed by atoms with E-state index < -0.39 is 0 Å². The SMILES string of the molecule is Brc1cccc(C2CNCCC2c2ccccc2)c1. The molecule has 1 saturated heterocycles. The Hall–Kier alpha value is -1.12. The number of piperidine rings is 1. The minimum absolute atomic E-state index is 0.564. The van der Waals surface area contributed by atoms with Gasteiger partial charge in [0.15, 0.2) is 0 Å². The fourth-order valence-corrected chi connectivity index (χ4v) is 3.46. The molecule has 0 aromatic heterocycles. The van der Waals surface area contributed by atoms with E-state index in [4.69, 9.17) is 0 Å². The summed E-state index contributed by atoms with van der Waals surface area (Å²) in [6.07, 6.45) is 1.21. The van der Waals surface area contributed by atoms with Crippen LogP contribution in [-0.4, -0.2) is 13.1 Å². The largest absolute Gasteiger partial charge is 0.316 e. The molecular formula is C17H18BrN. The number of halogens is 1. The highest BCUT2D eigenvalue weighted by Gasteiger charge is 2.27. The van der Waals surface area contributed by atoms with Crippen molar-refractivity contribution in [1.82, 2.24) is 5.32 Å². The van der Waals surface area contributed by atoms with Crippen LogP contribution in [0.15, 0.2) is 59.1 Å². The molecule has 0 radical (unpaired) electrons. The maximum Gasteiger partial charge on any atom is 0.0178 e. The Morgan fingerprint density at radius 2 is 1.68 bits per heavy atom. The lowest BCUT2D eigenvalue weighted by atomic mass is 9.77. The van der Waals surface area contributed by atoms with Crippen LogP contribution in [0.2, 0.25) is 0 Å². The van der Waals surface area contributed by atoms with Crippen LogP contribution in [0.4, 0.5) is 0 Å². The molecule has 2 atom stereocenters. The molecule has 98 valence electrons. The second-order valence-corrected chi connectivity index (χ2v) is 6.09. The Kier molecular flexibility index (Phi) is 4.00. The summed E-state index contributed by atoms with van der Waals surface area (Å²) in [7, 11) is 0. The van der Waals surface area contributed by atoms with Gasteiger partial charge >= 0.3 is 0 Å². The van der Waals surface area contributed by atoms with Gasteiger partial charge in [-0.25, -0.2) is 0 Å². The lowest BCUT2D eigenvalue weighted by molar-refractivity contribution is 0.404. The fraction of sp³-hybridized carbons (Fsp3) is 0.294. The van der Waals surface area contributed by atoms with Crippen LogP contribution in [0.1, 0.15) is 29.4 Å². The van der Waals surface area contributed by atoms with Gasteiger partial charge in [0.05, 0.1) is 0 Å². The first-order chi connectivity index (χ1) is 9.34. The van der Waals surface area contributed by atoms with E-state index in [1.54, 1.807) is 0 Å². The molecule has 1 N–H and O–H groups in total. The zero-order valence-corrected chi connectivity index (χ0v) is 12.4. The van der Waals surface area contributed by atoms with Gasteiger partial charge in [-0.05, 0) is 42.1 Å². The van der Waals surface area contributed by atoms with E-state index in [1.807, 2.05) is 0 Å². The minimum atomic E-state index is 0.564. The van der Waals surface area contributed by atoms with Crippen LogP contribution in [0, 0.1) is 0 Å². The van der Waals surface area contributed by atoms with Crippen molar-refractivity contribution < 1.29 is 0 Å².